The first-order valence-electron chi connectivity index (χ1n) is 12.4. The molecule has 0 aliphatic heterocycles. The van der Waals surface area contributed by atoms with Gasteiger partial charge in [0.2, 0.25) is 0 Å². The zero-order valence-electron chi connectivity index (χ0n) is 21.5. The highest BCUT2D eigenvalue weighted by Gasteiger charge is 2.34. The fourth-order valence-electron chi connectivity index (χ4n) is 4.49. The summed E-state index contributed by atoms with van der Waals surface area (Å²) in [7, 11) is 0. The first-order valence-corrected chi connectivity index (χ1v) is 12.4. The van der Waals surface area contributed by atoms with E-state index >= 15 is 0 Å². The van der Waals surface area contributed by atoms with E-state index in [0.717, 1.165) is 5.92 Å². The van der Waals surface area contributed by atoms with Gasteiger partial charge in [-0.15, -0.1) is 0 Å². The summed E-state index contributed by atoms with van der Waals surface area (Å²) in [6.07, 6.45) is 24.5. The van der Waals surface area contributed by atoms with Gasteiger partial charge in [0.1, 0.15) is 0 Å². The minimum absolute atomic E-state index is 0.404. The van der Waals surface area contributed by atoms with Crippen LogP contribution in [0.25, 0.3) is 0 Å². The first-order chi connectivity index (χ1) is 14.1. The predicted molar refractivity (Wildman–Crippen MR) is 138 cm³/mol. The molecule has 0 aromatic carbocycles. The summed E-state index contributed by atoms with van der Waals surface area (Å²) in [5, 5.41) is 0. The Kier molecular flexibility index (Phi) is 12.4. The van der Waals surface area contributed by atoms with Crippen molar-refractivity contribution >= 4 is 0 Å². The molecule has 30 heavy (non-hydrogen) atoms. The van der Waals surface area contributed by atoms with Gasteiger partial charge >= 0.3 is 0 Å². The molecule has 0 bridgehead atoms. The first kappa shape index (κ1) is 26.7. The van der Waals surface area contributed by atoms with Crippen LogP contribution in [0.15, 0.2) is 58.2 Å². The van der Waals surface area contributed by atoms with Gasteiger partial charge < -0.3 is 0 Å². The van der Waals surface area contributed by atoms with Crippen molar-refractivity contribution in [3.63, 3.8) is 0 Å². The highest BCUT2D eigenvalue weighted by atomic mass is 14.4. The van der Waals surface area contributed by atoms with E-state index < -0.39 is 0 Å². The Hall–Kier alpha value is -1.30. The van der Waals surface area contributed by atoms with Crippen molar-refractivity contribution in [2.45, 2.75) is 120 Å². The van der Waals surface area contributed by atoms with Crippen LogP contribution in [0.5, 0.6) is 0 Å². The average Bonchev–Trinajstić information content (AvgIpc) is 2.67. The minimum Gasteiger partial charge on any atom is -0.0856 e. The second-order valence-electron chi connectivity index (χ2n) is 10.4. The molecule has 1 rings (SSSR count). The molecule has 0 fully saturated rings. The monoisotopic (exact) mass is 410 g/mol. The van der Waals surface area contributed by atoms with Crippen molar-refractivity contribution in [3.05, 3.63) is 58.2 Å². The number of unbranched alkanes of at least 4 members (excludes halogenated alkanes) is 1. The van der Waals surface area contributed by atoms with Gasteiger partial charge in [-0.2, -0.15) is 0 Å². The fourth-order valence-corrected chi connectivity index (χ4v) is 4.49. The van der Waals surface area contributed by atoms with E-state index in [2.05, 4.69) is 85.8 Å². The zero-order valence-corrected chi connectivity index (χ0v) is 21.5. The van der Waals surface area contributed by atoms with Gasteiger partial charge in [-0.3, -0.25) is 0 Å². The molecule has 0 aromatic heterocycles. The standard InChI is InChI=1S/C30H50/c1-24(2)14-11-17-26(4)19-12-18-25(3)15-9-10-16-27(5)22-23-30(8)28(6)20-13-21-29(30)7/h14-16,19-20,29H,9-13,17-18,21-23H2,1-8H3/b25-15+,26-19+,27-16+/t29-,30+/m1/s1. The molecule has 0 amide bonds. The van der Waals surface area contributed by atoms with Crippen LogP contribution in [0.1, 0.15) is 120 Å². The Balaban J connectivity index is 2.32. The number of hydrogen-bond donors (Lipinski definition) is 0. The minimum atomic E-state index is 0.404. The third-order valence-electron chi connectivity index (χ3n) is 7.35. The fraction of sp³-hybridized carbons (Fsp3) is 0.667. The molecule has 0 unspecified atom stereocenters. The molecule has 0 aromatic rings. The molecule has 0 spiro atoms. The van der Waals surface area contributed by atoms with E-state index in [1.807, 2.05) is 0 Å². The molecule has 0 heteroatoms. The van der Waals surface area contributed by atoms with Gasteiger partial charge in [0.15, 0.2) is 0 Å². The lowest BCUT2D eigenvalue weighted by Gasteiger charge is -2.40. The van der Waals surface area contributed by atoms with Crippen molar-refractivity contribution in [2.75, 3.05) is 0 Å². The largest absolute Gasteiger partial charge is 0.0856 e. The maximum Gasteiger partial charge on any atom is -0.00904 e. The third-order valence-corrected chi connectivity index (χ3v) is 7.35. The van der Waals surface area contributed by atoms with Gasteiger partial charge in [0.05, 0.1) is 0 Å². The van der Waals surface area contributed by atoms with E-state index in [1.165, 1.54) is 75.4 Å². The molecule has 0 saturated heterocycles. The maximum atomic E-state index is 2.49. The molecule has 0 heterocycles. The second-order valence-corrected chi connectivity index (χ2v) is 10.4. The maximum absolute atomic E-state index is 2.49. The van der Waals surface area contributed by atoms with Crippen molar-refractivity contribution in [1.82, 2.24) is 0 Å². The Morgan fingerprint density at radius 1 is 0.833 bits per heavy atom. The molecular formula is C30H50. The quantitative estimate of drug-likeness (QED) is 0.222. The predicted octanol–water partition coefficient (Wildman–Crippen LogP) is 10.3. The van der Waals surface area contributed by atoms with Gasteiger partial charge in [-0.05, 0) is 117 Å². The lowest BCUT2D eigenvalue weighted by atomic mass is 9.65. The van der Waals surface area contributed by atoms with Crippen LogP contribution in [-0.2, 0) is 0 Å². The Morgan fingerprint density at radius 3 is 1.87 bits per heavy atom. The lowest BCUT2D eigenvalue weighted by Crippen LogP contribution is -2.29. The van der Waals surface area contributed by atoms with Crippen LogP contribution in [0, 0.1) is 11.3 Å². The number of allylic oxidation sites excluding steroid dienone is 10. The summed E-state index contributed by atoms with van der Waals surface area (Å²) < 4.78 is 0. The smallest absolute Gasteiger partial charge is 0.00904 e. The highest BCUT2D eigenvalue weighted by molar-refractivity contribution is 5.17. The summed E-state index contributed by atoms with van der Waals surface area (Å²) in [4.78, 5) is 0. The molecule has 0 N–H and O–H groups in total. The van der Waals surface area contributed by atoms with Crippen LogP contribution in [-0.4, -0.2) is 0 Å². The van der Waals surface area contributed by atoms with Crippen LogP contribution in [0.3, 0.4) is 0 Å². The Morgan fingerprint density at radius 2 is 1.33 bits per heavy atom. The summed E-state index contributed by atoms with van der Waals surface area (Å²) in [5.74, 6) is 0.811. The van der Waals surface area contributed by atoms with Gasteiger partial charge in [-0.1, -0.05) is 72.1 Å². The van der Waals surface area contributed by atoms with Crippen molar-refractivity contribution < 1.29 is 0 Å². The molecule has 170 valence electrons. The molecule has 0 radical (unpaired) electrons. The summed E-state index contributed by atoms with van der Waals surface area (Å²) in [6.45, 7) is 18.5. The molecule has 1 aliphatic rings. The highest BCUT2D eigenvalue weighted by Crippen LogP contribution is 2.45. The van der Waals surface area contributed by atoms with Crippen LogP contribution >= 0.6 is 0 Å². The topological polar surface area (TPSA) is 0 Å². The summed E-state index contributed by atoms with van der Waals surface area (Å²) in [6, 6.07) is 0. The normalized spacial score (nSPS) is 23.4. The SMILES string of the molecule is CC(C)=CCC/C(C)=C/CC/C(C)=C/CC/C=C(\C)CC[C@@]1(C)C(C)=CCC[C@H]1C. The Bertz CT molecular complexity index is 660. The van der Waals surface area contributed by atoms with Crippen LogP contribution < -0.4 is 0 Å². The number of rotatable bonds is 12. The zero-order chi connectivity index (χ0) is 22.6. The third kappa shape index (κ3) is 10.1. The second kappa shape index (κ2) is 13.9. The lowest BCUT2D eigenvalue weighted by molar-refractivity contribution is 0.211. The van der Waals surface area contributed by atoms with E-state index in [1.54, 1.807) is 16.7 Å². The summed E-state index contributed by atoms with van der Waals surface area (Å²) >= 11 is 0. The van der Waals surface area contributed by atoms with Crippen molar-refractivity contribution in [1.29, 1.82) is 0 Å². The van der Waals surface area contributed by atoms with Crippen molar-refractivity contribution in [3.8, 4) is 0 Å². The van der Waals surface area contributed by atoms with Gasteiger partial charge in [-0.25, -0.2) is 0 Å². The van der Waals surface area contributed by atoms with E-state index in [-0.39, 0.29) is 0 Å². The van der Waals surface area contributed by atoms with Gasteiger partial charge in [0, 0.05) is 0 Å². The molecular weight excluding hydrogens is 360 g/mol. The van der Waals surface area contributed by atoms with Crippen molar-refractivity contribution in [2.24, 2.45) is 11.3 Å². The molecule has 0 nitrogen and oxygen atoms in total. The molecule has 1 aliphatic carbocycles. The van der Waals surface area contributed by atoms with Crippen LogP contribution in [0.2, 0.25) is 0 Å². The average molecular weight is 411 g/mol. The Labute approximate surface area is 189 Å². The number of hydrogen-bond acceptors (Lipinski definition) is 0. The van der Waals surface area contributed by atoms with E-state index in [4.69, 9.17) is 0 Å². The van der Waals surface area contributed by atoms with E-state index in [0.29, 0.717) is 5.41 Å². The van der Waals surface area contributed by atoms with Crippen LogP contribution in [0.4, 0.5) is 0 Å². The molecule has 0 saturated carbocycles. The summed E-state index contributed by atoms with van der Waals surface area (Å²) in [5.41, 5.74) is 8.09. The van der Waals surface area contributed by atoms with E-state index in [9.17, 15) is 0 Å². The molecule has 2 atom stereocenters. The van der Waals surface area contributed by atoms with Gasteiger partial charge in [0.25, 0.3) is 0 Å².